The smallest absolute Gasteiger partial charge is 0.267 e. The molecule has 198 valence electrons. The summed E-state index contributed by atoms with van der Waals surface area (Å²) >= 11 is 1.54. The van der Waals surface area contributed by atoms with Gasteiger partial charge < -0.3 is 11.5 Å². The van der Waals surface area contributed by atoms with E-state index in [1.807, 2.05) is 62.4 Å². The van der Waals surface area contributed by atoms with E-state index >= 15 is 0 Å². The Hall–Kier alpha value is -5.34. The van der Waals surface area contributed by atoms with Crippen molar-refractivity contribution in [2.75, 3.05) is 5.73 Å². The number of nitrogen functional groups attached to an aromatic ring is 1. The molecule has 0 spiro atoms. The van der Waals surface area contributed by atoms with Crippen LogP contribution in [0.25, 0.3) is 22.2 Å². The van der Waals surface area contributed by atoms with Gasteiger partial charge in [0.25, 0.3) is 11.5 Å². The fourth-order valence-electron chi connectivity index (χ4n) is 4.15. The van der Waals surface area contributed by atoms with Crippen molar-refractivity contribution in [2.45, 2.75) is 20.3 Å². The second-order valence-corrected chi connectivity index (χ2v) is 9.81. The molecule has 0 aliphatic rings. The highest BCUT2D eigenvalue weighted by Gasteiger charge is 2.14. The molecule has 10 nitrogen and oxygen atoms in total. The summed E-state index contributed by atoms with van der Waals surface area (Å²) in [5, 5.41) is 1.52. The molecule has 4 heterocycles. The number of hydrogen-bond donors (Lipinski definition) is 2. The number of anilines is 1. The van der Waals surface area contributed by atoms with Crippen LogP contribution in [-0.2, 0) is 6.42 Å². The van der Waals surface area contributed by atoms with Gasteiger partial charge in [0.15, 0.2) is 5.65 Å². The Labute approximate surface area is 233 Å². The number of aromatic nitrogens is 6. The Kier molecular flexibility index (Phi) is 7.35. The average molecular weight is 549 g/mol. The lowest BCUT2D eigenvalue weighted by Gasteiger charge is -2.13. The highest BCUT2D eigenvalue weighted by Crippen LogP contribution is 2.17. The standard InChI is InChI=1S/C22H17N3OS.C7H7N5O/c1-3-20-24-19-11-7-8-16(12-13-18-14-23-15(2)27-18)21(19)22(26)25(20)17-9-5-4-6-10-17;8-5-4(6(9)13)7-10-1-2-12(7)3-11-5/h4-11,14H,3H2,1-2H3;1-3H,8H2,(H2,9,13). The van der Waals surface area contributed by atoms with E-state index in [4.69, 9.17) is 16.5 Å². The zero-order chi connectivity index (χ0) is 28.2. The van der Waals surface area contributed by atoms with E-state index in [1.165, 1.54) is 17.7 Å². The molecule has 0 aliphatic heterocycles. The fraction of sp³-hybridized carbons (Fsp3) is 0.103. The number of carbonyl (C=O) groups is 1. The Morgan fingerprint density at radius 1 is 1.05 bits per heavy atom. The fourth-order valence-corrected chi connectivity index (χ4v) is 4.78. The number of para-hydroxylation sites is 1. The Morgan fingerprint density at radius 3 is 2.55 bits per heavy atom. The van der Waals surface area contributed by atoms with Crippen LogP contribution in [0.1, 0.15) is 38.6 Å². The van der Waals surface area contributed by atoms with E-state index in [0.717, 1.165) is 21.4 Å². The first kappa shape index (κ1) is 26.3. The lowest BCUT2D eigenvalue weighted by Crippen LogP contribution is -2.24. The molecule has 11 heteroatoms. The van der Waals surface area contributed by atoms with Crippen molar-refractivity contribution in [1.29, 1.82) is 0 Å². The molecule has 40 heavy (non-hydrogen) atoms. The van der Waals surface area contributed by atoms with E-state index in [2.05, 4.69) is 26.8 Å². The molecule has 2 aromatic carbocycles. The third-order valence-corrected chi connectivity index (χ3v) is 6.78. The van der Waals surface area contributed by atoms with Crippen molar-refractivity contribution >= 4 is 39.6 Å². The largest absolute Gasteiger partial charge is 0.383 e. The molecule has 0 bridgehead atoms. The van der Waals surface area contributed by atoms with Gasteiger partial charge >= 0.3 is 0 Å². The van der Waals surface area contributed by atoms with Crippen molar-refractivity contribution in [3.8, 4) is 17.5 Å². The van der Waals surface area contributed by atoms with Crippen LogP contribution in [-0.4, -0.2) is 34.8 Å². The van der Waals surface area contributed by atoms with Gasteiger partial charge in [-0.25, -0.2) is 19.9 Å². The normalized spacial score (nSPS) is 10.6. The topological polar surface area (TPSA) is 147 Å². The Balaban J connectivity index is 0.000000207. The number of amides is 1. The maximum Gasteiger partial charge on any atom is 0.267 e. The van der Waals surface area contributed by atoms with Crippen LogP contribution in [0.3, 0.4) is 0 Å². The lowest BCUT2D eigenvalue weighted by atomic mass is 10.1. The predicted octanol–water partition coefficient (Wildman–Crippen LogP) is 3.52. The van der Waals surface area contributed by atoms with E-state index in [-0.39, 0.29) is 16.9 Å². The minimum atomic E-state index is -0.623. The number of aryl methyl sites for hydroxylation is 2. The number of thiazole rings is 1. The number of hydrogen-bond acceptors (Lipinski definition) is 8. The first-order chi connectivity index (χ1) is 19.4. The molecule has 4 N–H and O–H groups in total. The first-order valence-electron chi connectivity index (χ1n) is 12.3. The van der Waals surface area contributed by atoms with Crippen molar-refractivity contribution in [3.63, 3.8) is 0 Å². The minimum Gasteiger partial charge on any atom is -0.383 e. The Morgan fingerprint density at radius 2 is 1.85 bits per heavy atom. The van der Waals surface area contributed by atoms with Gasteiger partial charge in [0.1, 0.15) is 23.5 Å². The second kappa shape index (κ2) is 11.2. The summed E-state index contributed by atoms with van der Waals surface area (Å²) in [6.45, 7) is 3.95. The zero-order valence-corrected chi connectivity index (χ0v) is 22.5. The quantitative estimate of drug-likeness (QED) is 0.322. The van der Waals surface area contributed by atoms with Gasteiger partial charge in [-0.1, -0.05) is 37.1 Å². The van der Waals surface area contributed by atoms with Gasteiger partial charge in [-0.05, 0) is 37.1 Å². The number of carbonyl (C=O) groups excluding carboxylic acids is 1. The van der Waals surface area contributed by atoms with E-state index in [9.17, 15) is 9.59 Å². The summed E-state index contributed by atoms with van der Waals surface area (Å²) in [6, 6.07) is 15.2. The van der Waals surface area contributed by atoms with Crippen molar-refractivity contribution in [3.05, 3.63) is 111 Å². The van der Waals surface area contributed by atoms with Crippen LogP contribution in [0.4, 0.5) is 5.82 Å². The van der Waals surface area contributed by atoms with Crippen LogP contribution >= 0.6 is 11.3 Å². The van der Waals surface area contributed by atoms with Crippen LogP contribution in [0.5, 0.6) is 0 Å². The lowest BCUT2D eigenvalue weighted by molar-refractivity contribution is 0.100. The zero-order valence-electron chi connectivity index (χ0n) is 21.7. The Bertz CT molecular complexity index is 1980. The third-order valence-electron chi connectivity index (χ3n) is 5.96. The van der Waals surface area contributed by atoms with Crippen LogP contribution in [0, 0.1) is 18.8 Å². The minimum absolute atomic E-state index is 0.0894. The summed E-state index contributed by atoms with van der Waals surface area (Å²) < 4.78 is 3.26. The number of benzene rings is 2. The van der Waals surface area contributed by atoms with Gasteiger partial charge in [-0.15, -0.1) is 11.3 Å². The van der Waals surface area contributed by atoms with Crippen LogP contribution in [0.15, 0.2) is 78.2 Å². The number of nitrogens with zero attached hydrogens (tertiary/aromatic N) is 6. The molecule has 0 atom stereocenters. The van der Waals surface area contributed by atoms with Crippen molar-refractivity contribution < 1.29 is 4.79 Å². The number of primary amides is 1. The summed E-state index contributed by atoms with van der Waals surface area (Å²) in [4.78, 5) is 42.0. The number of rotatable bonds is 3. The van der Waals surface area contributed by atoms with E-state index in [1.54, 1.807) is 27.6 Å². The monoisotopic (exact) mass is 548 g/mol. The van der Waals surface area contributed by atoms with Gasteiger partial charge in [-0.3, -0.25) is 18.6 Å². The summed E-state index contributed by atoms with van der Waals surface area (Å²) in [5.41, 5.74) is 13.3. The van der Waals surface area contributed by atoms with Gasteiger partial charge in [0.05, 0.1) is 32.7 Å². The molecular formula is C29H24N8O2S. The maximum atomic E-state index is 13.4. The number of nitrogens with two attached hydrogens (primary N) is 2. The SMILES string of the molecule is CCc1nc2cccc(C#Cc3cnc(C)s3)c2c(=O)n1-c1ccccc1.NC(=O)c1c(N)ncn2ccnc12. The summed E-state index contributed by atoms with van der Waals surface area (Å²) in [6.07, 6.45) is 7.10. The molecule has 0 unspecified atom stereocenters. The molecule has 6 aromatic rings. The molecule has 1 amide bonds. The summed E-state index contributed by atoms with van der Waals surface area (Å²) in [5.74, 6) is 6.48. The van der Waals surface area contributed by atoms with Gasteiger partial charge in [-0.2, -0.15) is 0 Å². The number of fused-ring (bicyclic) bond motifs is 2. The average Bonchev–Trinajstić information content (AvgIpc) is 3.60. The third kappa shape index (κ3) is 5.16. The van der Waals surface area contributed by atoms with Crippen LogP contribution in [0.2, 0.25) is 0 Å². The first-order valence-corrected chi connectivity index (χ1v) is 13.1. The van der Waals surface area contributed by atoms with E-state index in [0.29, 0.717) is 28.5 Å². The molecule has 6 rings (SSSR count). The van der Waals surface area contributed by atoms with Crippen molar-refractivity contribution in [1.82, 2.24) is 28.9 Å². The molecule has 0 fully saturated rings. The van der Waals surface area contributed by atoms with E-state index < -0.39 is 5.91 Å². The molecule has 0 saturated heterocycles. The number of imidazole rings is 1. The second-order valence-electron chi connectivity index (χ2n) is 8.58. The molecule has 0 aliphatic carbocycles. The van der Waals surface area contributed by atoms with Crippen molar-refractivity contribution in [2.24, 2.45) is 5.73 Å². The van der Waals surface area contributed by atoms with Gasteiger partial charge in [0.2, 0.25) is 0 Å². The maximum absolute atomic E-state index is 13.4. The molecule has 0 radical (unpaired) electrons. The highest BCUT2D eigenvalue weighted by atomic mass is 32.1. The highest BCUT2D eigenvalue weighted by molar-refractivity contribution is 7.12. The molecular weight excluding hydrogens is 524 g/mol. The van der Waals surface area contributed by atoms with Crippen LogP contribution < -0.4 is 17.0 Å². The van der Waals surface area contributed by atoms with Gasteiger partial charge in [0, 0.05) is 24.4 Å². The molecule has 4 aromatic heterocycles. The predicted molar refractivity (Wildman–Crippen MR) is 155 cm³/mol. The molecule has 0 saturated carbocycles. The summed E-state index contributed by atoms with van der Waals surface area (Å²) in [7, 11) is 0.